The Bertz CT molecular complexity index is 784. The number of phenols is 1. The third-order valence-corrected chi connectivity index (χ3v) is 4.01. The maximum atomic E-state index is 9.48. The average Bonchev–Trinajstić information content (AvgIpc) is 3.01. The van der Waals surface area contributed by atoms with Crippen molar-refractivity contribution in [2.24, 2.45) is 5.73 Å². The quantitative estimate of drug-likeness (QED) is 0.571. The largest absolute Gasteiger partial charge is 0.508 e. The van der Waals surface area contributed by atoms with Crippen molar-refractivity contribution in [3.05, 3.63) is 30.2 Å². The van der Waals surface area contributed by atoms with Crippen LogP contribution in [-0.2, 0) is 5.54 Å². The Morgan fingerprint density at radius 1 is 1.25 bits per heavy atom. The molecule has 4 rings (SSSR count). The zero-order valence-corrected chi connectivity index (χ0v) is 10.8. The lowest BCUT2D eigenvalue weighted by Crippen LogP contribution is -2.44. The number of benzene rings is 1. The van der Waals surface area contributed by atoms with Gasteiger partial charge in [0.1, 0.15) is 17.3 Å². The zero-order chi connectivity index (χ0) is 13.7. The number of aromatic hydroxyl groups is 1. The summed E-state index contributed by atoms with van der Waals surface area (Å²) in [6, 6.07) is 5.05. The van der Waals surface area contributed by atoms with Gasteiger partial charge in [-0.2, -0.15) is 0 Å². The van der Waals surface area contributed by atoms with E-state index < -0.39 is 0 Å². The van der Waals surface area contributed by atoms with E-state index >= 15 is 0 Å². The molecule has 1 fully saturated rings. The summed E-state index contributed by atoms with van der Waals surface area (Å²) in [5.74, 6) is 1.74. The number of phenolic OH excluding ortho intramolecular Hbond substituents is 1. The number of nitrogens with zero attached hydrogens (tertiary/aromatic N) is 2. The van der Waals surface area contributed by atoms with Crippen molar-refractivity contribution in [2.45, 2.75) is 24.8 Å². The molecule has 2 heterocycles. The van der Waals surface area contributed by atoms with Gasteiger partial charge in [0.05, 0.1) is 22.8 Å². The predicted octanol–water partition coefficient (Wildman–Crippen LogP) is 2.00. The van der Waals surface area contributed by atoms with Crippen LogP contribution in [0.15, 0.2) is 24.4 Å². The van der Waals surface area contributed by atoms with Gasteiger partial charge in [-0.3, -0.25) is 0 Å². The van der Waals surface area contributed by atoms with Gasteiger partial charge in [0.25, 0.3) is 0 Å². The number of hydrogen-bond acceptors (Lipinski definition) is 4. The number of nitrogens with one attached hydrogen (secondary N) is 2. The van der Waals surface area contributed by atoms with Crippen molar-refractivity contribution < 1.29 is 5.11 Å². The minimum absolute atomic E-state index is 0.216. The fourth-order valence-electron chi connectivity index (χ4n) is 2.61. The zero-order valence-electron chi connectivity index (χ0n) is 10.8. The molecule has 20 heavy (non-hydrogen) atoms. The Morgan fingerprint density at radius 3 is 2.85 bits per heavy atom. The van der Waals surface area contributed by atoms with Gasteiger partial charge in [-0.25, -0.2) is 9.97 Å². The molecule has 102 valence electrons. The van der Waals surface area contributed by atoms with Gasteiger partial charge in [0.2, 0.25) is 0 Å². The van der Waals surface area contributed by atoms with E-state index in [4.69, 9.17) is 5.73 Å². The predicted molar refractivity (Wildman–Crippen MR) is 75.1 cm³/mol. The van der Waals surface area contributed by atoms with Gasteiger partial charge in [-0.1, -0.05) is 0 Å². The highest BCUT2D eigenvalue weighted by Gasteiger charge is 2.37. The molecular formula is C14H15N5O. The summed E-state index contributed by atoms with van der Waals surface area (Å²) >= 11 is 0. The number of hydrogen-bond donors (Lipinski definition) is 4. The first-order chi connectivity index (χ1) is 9.64. The summed E-state index contributed by atoms with van der Waals surface area (Å²) in [4.78, 5) is 15.3. The fourth-order valence-corrected chi connectivity index (χ4v) is 2.61. The molecule has 0 spiro atoms. The summed E-state index contributed by atoms with van der Waals surface area (Å²) < 4.78 is 0. The van der Waals surface area contributed by atoms with Crippen LogP contribution in [0.4, 0.5) is 0 Å². The first-order valence-electron chi connectivity index (χ1n) is 6.68. The smallest absolute Gasteiger partial charge is 0.156 e. The van der Waals surface area contributed by atoms with Crippen molar-refractivity contribution >= 4 is 11.0 Å². The van der Waals surface area contributed by atoms with E-state index in [-0.39, 0.29) is 11.3 Å². The molecule has 1 aliphatic carbocycles. The number of aromatic nitrogens is 4. The van der Waals surface area contributed by atoms with E-state index in [1.165, 1.54) is 0 Å². The minimum Gasteiger partial charge on any atom is -0.508 e. The molecule has 1 saturated carbocycles. The molecule has 5 N–H and O–H groups in total. The van der Waals surface area contributed by atoms with Crippen LogP contribution in [0, 0.1) is 0 Å². The van der Waals surface area contributed by atoms with Gasteiger partial charge in [0.15, 0.2) is 5.82 Å². The fraction of sp³-hybridized carbons (Fsp3) is 0.286. The summed E-state index contributed by atoms with van der Waals surface area (Å²) in [7, 11) is 0. The summed E-state index contributed by atoms with van der Waals surface area (Å²) in [6.45, 7) is 0. The van der Waals surface area contributed by atoms with Crippen LogP contribution in [0.2, 0.25) is 0 Å². The normalized spacial score (nSPS) is 17.2. The maximum Gasteiger partial charge on any atom is 0.156 e. The maximum absolute atomic E-state index is 9.48. The number of fused-ring (bicyclic) bond motifs is 1. The van der Waals surface area contributed by atoms with Crippen LogP contribution in [-0.4, -0.2) is 25.0 Å². The summed E-state index contributed by atoms with van der Waals surface area (Å²) in [5.41, 5.74) is 8.36. The first-order valence-corrected chi connectivity index (χ1v) is 6.68. The van der Waals surface area contributed by atoms with Gasteiger partial charge in [-0.05, 0) is 31.4 Å². The third-order valence-electron chi connectivity index (χ3n) is 4.01. The molecule has 0 amide bonds. The number of rotatable bonds is 2. The second-order valence-corrected chi connectivity index (χ2v) is 5.44. The molecular weight excluding hydrogens is 254 g/mol. The molecule has 6 nitrogen and oxygen atoms in total. The van der Waals surface area contributed by atoms with Crippen molar-refractivity contribution in [3.8, 4) is 17.3 Å². The Kier molecular flexibility index (Phi) is 2.20. The van der Waals surface area contributed by atoms with Crippen molar-refractivity contribution in [3.63, 3.8) is 0 Å². The molecule has 3 aromatic rings. The summed E-state index contributed by atoms with van der Waals surface area (Å²) in [5, 5.41) is 9.48. The van der Waals surface area contributed by atoms with Gasteiger partial charge >= 0.3 is 0 Å². The number of imidazole rings is 2. The van der Waals surface area contributed by atoms with Gasteiger partial charge in [-0.15, -0.1) is 0 Å². The Morgan fingerprint density at radius 2 is 2.10 bits per heavy atom. The second kappa shape index (κ2) is 3.83. The number of aromatic amines is 2. The highest BCUT2D eigenvalue weighted by molar-refractivity contribution is 5.80. The van der Waals surface area contributed by atoms with Crippen LogP contribution in [0.25, 0.3) is 22.6 Å². The molecule has 0 aliphatic heterocycles. The number of H-pyrrole nitrogens is 2. The van der Waals surface area contributed by atoms with Gasteiger partial charge in [0, 0.05) is 6.07 Å². The van der Waals surface area contributed by atoms with Crippen LogP contribution < -0.4 is 5.73 Å². The molecule has 0 radical (unpaired) electrons. The lowest BCUT2D eigenvalue weighted by molar-refractivity contribution is 0.240. The molecule has 1 aliphatic rings. The molecule has 0 unspecified atom stereocenters. The van der Waals surface area contributed by atoms with Crippen LogP contribution >= 0.6 is 0 Å². The first kappa shape index (κ1) is 11.5. The molecule has 0 saturated heterocycles. The van der Waals surface area contributed by atoms with Gasteiger partial charge < -0.3 is 20.8 Å². The van der Waals surface area contributed by atoms with E-state index in [9.17, 15) is 5.11 Å². The van der Waals surface area contributed by atoms with E-state index in [0.717, 1.165) is 41.8 Å². The SMILES string of the molecule is NC1(c2ncc(-c3nc4ccc(O)cc4[nH]3)[nH]2)CCC1. The minimum atomic E-state index is -0.303. The van der Waals surface area contributed by atoms with Crippen LogP contribution in [0.5, 0.6) is 5.75 Å². The van der Waals surface area contributed by atoms with Crippen molar-refractivity contribution in [2.75, 3.05) is 0 Å². The highest BCUT2D eigenvalue weighted by Crippen LogP contribution is 2.37. The molecule has 2 aromatic heterocycles. The lowest BCUT2D eigenvalue weighted by Gasteiger charge is -2.35. The lowest BCUT2D eigenvalue weighted by atomic mass is 9.77. The van der Waals surface area contributed by atoms with E-state index in [1.54, 1.807) is 24.4 Å². The van der Waals surface area contributed by atoms with E-state index in [0.29, 0.717) is 5.82 Å². The number of nitrogens with two attached hydrogens (primary N) is 1. The standard InChI is InChI=1S/C14H15N5O/c15-14(4-1-5-14)13-16-7-11(19-13)12-17-9-3-2-8(20)6-10(9)18-12/h2-3,6-7,20H,1,4-5,15H2,(H,16,19)(H,17,18). The van der Waals surface area contributed by atoms with E-state index in [2.05, 4.69) is 19.9 Å². The monoisotopic (exact) mass is 269 g/mol. The van der Waals surface area contributed by atoms with Crippen LogP contribution in [0.1, 0.15) is 25.1 Å². The third kappa shape index (κ3) is 1.61. The average molecular weight is 269 g/mol. The Hall–Kier alpha value is -2.34. The molecule has 0 bridgehead atoms. The second-order valence-electron chi connectivity index (χ2n) is 5.44. The molecule has 1 aromatic carbocycles. The summed E-state index contributed by atoms with van der Waals surface area (Å²) in [6.07, 6.45) is 4.83. The molecule has 0 atom stereocenters. The van der Waals surface area contributed by atoms with Crippen molar-refractivity contribution in [1.82, 2.24) is 19.9 Å². The Labute approximate surface area is 115 Å². The van der Waals surface area contributed by atoms with Crippen LogP contribution in [0.3, 0.4) is 0 Å². The van der Waals surface area contributed by atoms with E-state index in [1.807, 2.05) is 0 Å². The van der Waals surface area contributed by atoms with Crippen molar-refractivity contribution in [1.29, 1.82) is 0 Å². The highest BCUT2D eigenvalue weighted by atomic mass is 16.3. The Balaban J connectivity index is 1.75. The topological polar surface area (TPSA) is 104 Å². The molecule has 6 heteroatoms.